The summed E-state index contributed by atoms with van der Waals surface area (Å²) in [6.45, 7) is -0.629. The SMILES string of the molecule is COc1cc(OCc2cc(C(F)(F)F)cc(C(F)(F)F)c2)c2cc(OC(=O)O)[nH]c2c1. The minimum absolute atomic E-state index is 0.0227. The van der Waals surface area contributed by atoms with Gasteiger partial charge in [0.05, 0.1) is 23.8 Å². The number of hydrogen-bond acceptors (Lipinski definition) is 4. The van der Waals surface area contributed by atoms with E-state index >= 15 is 0 Å². The highest BCUT2D eigenvalue weighted by Crippen LogP contribution is 2.38. The molecule has 1 heterocycles. The largest absolute Gasteiger partial charge is 0.512 e. The van der Waals surface area contributed by atoms with Gasteiger partial charge in [0, 0.05) is 23.6 Å². The molecule has 0 saturated heterocycles. The van der Waals surface area contributed by atoms with Gasteiger partial charge < -0.3 is 24.3 Å². The number of carbonyl (C=O) groups is 1. The van der Waals surface area contributed by atoms with E-state index in [0.717, 1.165) is 0 Å². The minimum Gasteiger partial charge on any atom is -0.497 e. The lowest BCUT2D eigenvalue weighted by Crippen LogP contribution is -2.12. The van der Waals surface area contributed by atoms with Gasteiger partial charge in [-0.15, -0.1) is 0 Å². The van der Waals surface area contributed by atoms with Crippen LogP contribution in [0.2, 0.25) is 0 Å². The molecule has 0 aliphatic heterocycles. The zero-order valence-electron chi connectivity index (χ0n) is 15.5. The summed E-state index contributed by atoms with van der Waals surface area (Å²) in [7, 11) is 1.32. The normalized spacial score (nSPS) is 12.1. The third-order valence-electron chi connectivity index (χ3n) is 4.12. The summed E-state index contributed by atoms with van der Waals surface area (Å²) in [5.41, 5.74) is -2.98. The number of aromatic nitrogens is 1. The molecule has 3 rings (SSSR count). The molecule has 0 aliphatic rings. The van der Waals surface area contributed by atoms with Crippen molar-refractivity contribution in [3.05, 3.63) is 53.1 Å². The second kappa shape index (κ2) is 7.93. The van der Waals surface area contributed by atoms with Gasteiger partial charge in [0.15, 0.2) is 0 Å². The van der Waals surface area contributed by atoms with Crippen molar-refractivity contribution >= 4 is 17.1 Å². The molecule has 3 aromatic rings. The molecule has 0 amide bonds. The van der Waals surface area contributed by atoms with Gasteiger partial charge in [-0.05, 0) is 23.8 Å². The monoisotopic (exact) mass is 449 g/mol. The van der Waals surface area contributed by atoms with Crippen molar-refractivity contribution in [1.29, 1.82) is 0 Å². The van der Waals surface area contributed by atoms with Crippen molar-refractivity contribution in [1.82, 2.24) is 4.98 Å². The predicted molar refractivity (Wildman–Crippen MR) is 94.3 cm³/mol. The van der Waals surface area contributed by atoms with Crippen molar-refractivity contribution in [2.45, 2.75) is 19.0 Å². The number of rotatable bonds is 5. The third kappa shape index (κ3) is 5.13. The Balaban J connectivity index is 1.98. The van der Waals surface area contributed by atoms with Crippen molar-refractivity contribution in [2.24, 2.45) is 0 Å². The van der Waals surface area contributed by atoms with Crippen LogP contribution in [0.15, 0.2) is 36.4 Å². The van der Waals surface area contributed by atoms with Gasteiger partial charge >= 0.3 is 18.5 Å². The summed E-state index contributed by atoms with van der Waals surface area (Å²) in [4.78, 5) is 13.3. The summed E-state index contributed by atoms with van der Waals surface area (Å²) in [6, 6.07) is 5.22. The molecule has 0 unspecified atom stereocenters. The quantitative estimate of drug-likeness (QED) is 0.377. The Morgan fingerprint density at radius 2 is 1.58 bits per heavy atom. The van der Waals surface area contributed by atoms with Gasteiger partial charge in [-0.1, -0.05) is 0 Å². The van der Waals surface area contributed by atoms with Gasteiger partial charge in [-0.3, -0.25) is 0 Å². The minimum atomic E-state index is -4.98. The van der Waals surface area contributed by atoms with Crippen LogP contribution >= 0.6 is 0 Å². The van der Waals surface area contributed by atoms with E-state index in [1.807, 2.05) is 0 Å². The molecule has 0 aliphatic carbocycles. The third-order valence-corrected chi connectivity index (χ3v) is 4.12. The Morgan fingerprint density at radius 1 is 0.968 bits per heavy atom. The number of H-pyrrole nitrogens is 1. The maximum Gasteiger partial charge on any atom is 0.512 e. The number of fused-ring (bicyclic) bond motifs is 1. The second-order valence-electron chi connectivity index (χ2n) is 6.29. The van der Waals surface area contributed by atoms with Crippen LogP contribution in [0.3, 0.4) is 0 Å². The Morgan fingerprint density at radius 3 is 2.10 bits per heavy atom. The van der Waals surface area contributed by atoms with Crippen LogP contribution in [-0.2, 0) is 19.0 Å². The first-order valence-electron chi connectivity index (χ1n) is 8.39. The summed E-state index contributed by atoms with van der Waals surface area (Å²) >= 11 is 0. The fraction of sp³-hybridized carbons (Fsp3) is 0.211. The Kier molecular flexibility index (Phi) is 5.66. The van der Waals surface area contributed by atoms with Crippen molar-refractivity contribution in [3.63, 3.8) is 0 Å². The molecule has 6 nitrogen and oxygen atoms in total. The number of nitrogens with one attached hydrogen (secondary N) is 1. The van der Waals surface area contributed by atoms with Crippen molar-refractivity contribution in [3.8, 4) is 17.4 Å². The van der Waals surface area contributed by atoms with Crippen molar-refractivity contribution in [2.75, 3.05) is 7.11 Å². The number of benzene rings is 2. The molecular weight excluding hydrogens is 436 g/mol. The summed E-state index contributed by atoms with van der Waals surface area (Å²) in [6.07, 6.45) is -11.6. The van der Waals surface area contributed by atoms with Gasteiger partial charge in [0.1, 0.15) is 18.1 Å². The van der Waals surface area contributed by atoms with Gasteiger partial charge in [0.25, 0.3) is 0 Å². The smallest absolute Gasteiger partial charge is 0.497 e. The Bertz CT molecular complexity index is 1090. The molecule has 0 radical (unpaired) electrons. The summed E-state index contributed by atoms with van der Waals surface area (Å²) in [5.74, 6) is 0.0992. The van der Waals surface area contributed by atoms with E-state index in [0.29, 0.717) is 17.6 Å². The number of ether oxygens (including phenoxy) is 3. The standard InChI is InChI=1S/C19H13F6NO5/c1-29-12-5-14-13(7-16(26-14)31-17(27)28)15(6-12)30-8-9-2-10(18(20,21)22)4-11(3-9)19(23,24)25/h2-7,26H,8H2,1H3,(H,27,28). The van der Waals surface area contributed by atoms with E-state index in [4.69, 9.17) is 14.6 Å². The molecule has 0 fully saturated rings. The fourth-order valence-electron chi connectivity index (χ4n) is 2.80. The van der Waals surface area contributed by atoms with Gasteiger partial charge in [0.2, 0.25) is 5.88 Å². The van der Waals surface area contributed by atoms with E-state index in [2.05, 4.69) is 9.72 Å². The van der Waals surface area contributed by atoms with Crippen LogP contribution in [0.5, 0.6) is 17.4 Å². The first kappa shape index (κ1) is 22.1. The molecule has 166 valence electrons. The highest BCUT2D eigenvalue weighted by molar-refractivity contribution is 5.89. The van der Waals surface area contributed by atoms with Crippen LogP contribution in [0.1, 0.15) is 16.7 Å². The molecule has 12 heteroatoms. The lowest BCUT2D eigenvalue weighted by Gasteiger charge is -2.15. The van der Waals surface area contributed by atoms with E-state index in [1.165, 1.54) is 25.3 Å². The number of methoxy groups -OCH3 is 1. The molecule has 0 saturated carbocycles. The molecular formula is C19H13F6NO5. The summed E-state index contributed by atoms with van der Waals surface area (Å²) in [5, 5.41) is 8.99. The average Bonchev–Trinajstić information content (AvgIpc) is 3.05. The maximum absolute atomic E-state index is 13.0. The second-order valence-corrected chi connectivity index (χ2v) is 6.29. The van der Waals surface area contributed by atoms with Gasteiger partial charge in [-0.2, -0.15) is 26.3 Å². The number of aromatic amines is 1. The van der Waals surface area contributed by atoms with E-state index in [-0.39, 0.29) is 34.4 Å². The number of alkyl halides is 6. The van der Waals surface area contributed by atoms with Crippen LogP contribution in [0.25, 0.3) is 10.9 Å². The number of carboxylic acid groups (broad SMARTS) is 1. The lowest BCUT2D eigenvalue weighted by molar-refractivity contribution is -0.143. The maximum atomic E-state index is 13.0. The van der Waals surface area contributed by atoms with E-state index in [9.17, 15) is 31.1 Å². The fourth-order valence-corrected chi connectivity index (χ4v) is 2.80. The predicted octanol–water partition coefficient (Wildman–Crippen LogP) is 5.85. The average molecular weight is 449 g/mol. The lowest BCUT2D eigenvalue weighted by atomic mass is 10.1. The number of hydrogen-bond donors (Lipinski definition) is 2. The molecule has 0 spiro atoms. The highest BCUT2D eigenvalue weighted by atomic mass is 19.4. The van der Waals surface area contributed by atoms with E-state index in [1.54, 1.807) is 0 Å². The Hall–Kier alpha value is -3.57. The van der Waals surface area contributed by atoms with Crippen LogP contribution in [0.4, 0.5) is 31.1 Å². The molecule has 0 bridgehead atoms. The number of halogens is 6. The highest BCUT2D eigenvalue weighted by Gasteiger charge is 2.36. The van der Waals surface area contributed by atoms with Crippen molar-refractivity contribution < 1.29 is 50.5 Å². The Labute approximate surface area is 169 Å². The molecule has 1 aromatic heterocycles. The van der Waals surface area contributed by atoms with Gasteiger partial charge in [-0.25, -0.2) is 4.79 Å². The zero-order chi connectivity index (χ0) is 23.0. The van der Waals surface area contributed by atoms with E-state index < -0.39 is 36.2 Å². The topological polar surface area (TPSA) is 80.8 Å². The molecule has 0 atom stereocenters. The first-order chi connectivity index (χ1) is 14.4. The van der Waals surface area contributed by atoms with Crippen LogP contribution < -0.4 is 14.2 Å². The first-order valence-corrected chi connectivity index (χ1v) is 8.39. The summed E-state index contributed by atoms with van der Waals surface area (Å²) < 4.78 is 93.2. The molecule has 2 aromatic carbocycles. The molecule has 31 heavy (non-hydrogen) atoms. The van der Waals surface area contributed by atoms with Crippen LogP contribution in [0, 0.1) is 0 Å². The molecule has 2 N–H and O–H groups in total. The van der Waals surface area contributed by atoms with Crippen LogP contribution in [-0.4, -0.2) is 23.4 Å². The zero-order valence-corrected chi connectivity index (χ0v) is 15.5.